The molecule has 1 aromatic carbocycles. The Morgan fingerprint density at radius 1 is 1.22 bits per heavy atom. The molecule has 0 radical (unpaired) electrons. The van der Waals surface area contributed by atoms with Crippen LogP contribution in [0.4, 0.5) is 0 Å². The average molecular weight is 375 g/mol. The molecule has 1 aromatic heterocycles. The van der Waals surface area contributed by atoms with E-state index in [-0.39, 0.29) is 6.54 Å². The number of guanidine groups is 1. The smallest absolute Gasteiger partial charge is 0.191 e. The zero-order valence-corrected chi connectivity index (χ0v) is 16.4. The van der Waals surface area contributed by atoms with Crippen molar-refractivity contribution in [1.29, 1.82) is 0 Å². The monoisotopic (exact) mass is 375 g/mol. The van der Waals surface area contributed by atoms with Crippen LogP contribution in [-0.2, 0) is 12.0 Å². The van der Waals surface area contributed by atoms with Crippen molar-refractivity contribution in [2.24, 2.45) is 4.99 Å². The quantitative estimate of drug-likeness (QED) is 0.460. The molecule has 27 heavy (non-hydrogen) atoms. The molecule has 2 aromatic rings. The van der Waals surface area contributed by atoms with Gasteiger partial charge in [-0.25, -0.2) is 4.99 Å². The summed E-state index contributed by atoms with van der Waals surface area (Å²) in [6, 6.07) is 9.22. The number of ether oxygens (including phenoxy) is 2. The lowest BCUT2D eigenvalue weighted by Crippen LogP contribution is -2.39. The summed E-state index contributed by atoms with van der Waals surface area (Å²) >= 11 is 0. The molecule has 1 atom stereocenters. The standard InChI is InChI=1S/C20H29N3O4/c1-5-21-19(23-14-20(2,24)18-7-6-12-27-18)22-11-10-15-13-16(25-3)8-9-17(15)26-4/h6-9,12-13,24H,5,10-11,14H2,1-4H3,(H2,21,22,23). The molecule has 0 fully saturated rings. The maximum absolute atomic E-state index is 10.5. The van der Waals surface area contributed by atoms with Crippen LogP contribution in [0.1, 0.15) is 25.2 Å². The molecular formula is C20H29N3O4. The molecule has 0 bridgehead atoms. The van der Waals surface area contributed by atoms with Crippen LogP contribution < -0.4 is 20.1 Å². The highest BCUT2D eigenvalue weighted by Crippen LogP contribution is 2.24. The highest BCUT2D eigenvalue weighted by molar-refractivity contribution is 5.79. The van der Waals surface area contributed by atoms with Gasteiger partial charge in [0, 0.05) is 13.1 Å². The van der Waals surface area contributed by atoms with E-state index in [1.807, 2.05) is 25.1 Å². The molecule has 1 heterocycles. The van der Waals surface area contributed by atoms with Crippen molar-refractivity contribution in [3.05, 3.63) is 47.9 Å². The Labute approximate surface area is 160 Å². The molecule has 2 rings (SSSR count). The summed E-state index contributed by atoms with van der Waals surface area (Å²) in [5.74, 6) is 2.73. The fraction of sp³-hybridized carbons (Fsp3) is 0.450. The van der Waals surface area contributed by atoms with Crippen molar-refractivity contribution in [2.75, 3.05) is 33.9 Å². The Hall–Kier alpha value is -2.67. The van der Waals surface area contributed by atoms with Gasteiger partial charge in [0.2, 0.25) is 0 Å². The Kier molecular flexibility index (Phi) is 7.55. The van der Waals surface area contributed by atoms with E-state index in [0.29, 0.717) is 18.3 Å². The number of hydrogen-bond donors (Lipinski definition) is 3. The summed E-state index contributed by atoms with van der Waals surface area (Å²) in [6.07, 6.45) is 2.28. The second-order valence-corrected chi connectivity index (χ2v) is 6.30. The number of furan rings is 1. The first-order valence-electron chi connectivity index (χ1n) is 8.99. The molecule has 0 aliphatic rings. The third-order valence-corrected chi connectivity index (χ3v) is 4.12. The lowest BCUT2D eigenvalue weighted by molar-refractivity contribution is 0.0437. The number of nitrogens with one attached hydrogen (secondary N) is 2. The molecule has 0 spiro atoms. The summed E-state index contributed by atoms with van der Waals surface area (Å²) in [4.78, 5) is 4.48. The predicted octanol–water partition coefficient (Wildman–Crippen LogP) is 2.30. The normalized spacial score (nSPS) is 13.7. The fourth-order valence-corrected chi connectivity index (χ4v) is 2.63. The summed E-state index contributed by atoms with van der Waals surface area (Å²) in [5, 5.41) is 17.0. The lowest BCUT2D eigenvalue weighted by Gasteiger charge is -2.19. The first-order valence-corrected chi connectivity index (χ1v) is 8.99. The van der Waals surface area contributed by atoms with Gasteiger partial charge in [-0.15, -0.1) is 0 Å². The molecule has 1 unspecified atom stereocenters. The highest BCUT2D eigenvalue weighted by Gasteiger charge is 2.26. The van der Waals surface area contributed by atoms with Crippen molar-refractivity contribution < 1.29 is 19.0 Å². The number of methoxy groups -OCH3 is 2. The summed E-state index contributed by atoms with van der Waals surface area (Å²) in [7, 11) is 3.30. The number of hydrogen-bond acceptors (Lipinski definition) is 5. The van der Waals surface area contributed by atoms with Crippen LogP contribution in [0.3, 0.4) is 0 Å². The predicted molar refractivity (Wildman–Crippen MR) is 106 cm³/mol. The molecule has 0 amide bonds. The molecule has 0 saturated carbocycles. The summed E-state index contributed by atoms with van der Waals surface area (Å²) < 4.78 is 16.0. The third-order valence-electron chi connectivity index (χ3n) is 4.12. The van der Waals surface area contributed by atoms with Crippen molar-refractivity contribution >= 4 is 5.96 Å². The first-order chi connectivity index (χ1) is 13.0. The van der Waals surface area contributed by atoms with Gasteiger partial charge in [-0.05, 0) is 56.2 Å². The van der Waals surface area contributed by atoms with Gasteiger partial charge < -0.3 is 29.6 Å². The number of aliphatic hydroxyl groups is 1. The highest BCUT2D eigenvalue weighted by atomic mass is 16.5. The van der Waals surface area contributed by atoms with Crippen LogP contribution in [-0.4, -0.2) is 44.9 Å². The molecule has 3 N–H and O–H groups in total. The Morgan fingerprint density at radius 3 is 2.67 bits per heavy atom. The minimum absolute atomic E-state index is 0.179. The van der Waals surface area contributed by atoms with Crippen molar-refractivity contribution in [3.8, 4) is 11.5 Å². The van der Waals surface area contributed by atoms with Crippen molar-refractivity contribution in [1.82, 2.24) is 10.6 Å². The molecule has 0 saturated heterocycles. The lowest BCUT2D eigenvalue weighted by atomic mass is 10.0. The van der Waals surface area contributed by atoms with Crippen LogP contribution in [0.2, 0.25) is 0 Å². The summed E-state index contributed by atoms with van der Waals surface area (Å²) in [5.41, 5.74) is -0.121. The maximum atomic E-state index is 10.5. The molecule has 0 aliphatic heterocycles. The van der Waals surface area contributed by atoms with Gasteiger partial charge in [-0.1, -0.05) is 0 Å². The van der Waals surface area contributed by atoms with Gasteiger partial charge in [-0.3, -0.25) is 0 Å². The van der Waals surface area contributed by atoms with E-state index in [9.17, 15) is 5.11 Å². The van der Waals surface area contributed by atoms with E-state index in [2.05, 4.69) is 15.6 Å². The van der Waals surface area contributed by atoms with Gasteiger partial charge in [0.25, 0.3) is 0 Å². The van der Waals surface area contributed by atoms with Crippen LogP contribution in [0.15, 0.2) is 46.0 Å². The number of nitrogens with zero attached hydrogens (tertiary/aromatic N) is 1. The molecule has 0 aliphatic carbocycles. The molecule has 7 heteroatoms. The Bertz CT molecular complexity index is 727. The van der Waals surface area contributed by atoms with E-state index in [1.165, 1.54) is 0 Å². The SMILES string of the molecule is CCNC(=NCC(C)(O)c1ccco1)NCCc1cc(OC)ccc1OC. The molecule has 7 nitrogen and oxygen atoms in total. The Morgan fingerprint density at radius 2 is 2.04 bits per heavy atom. The van der Waals surface area contributed by atoms with E-state index >= 15 is 0 Å². The van der Waals surface area contributed by atoms with Crippen LogP contribution in [0.25, 0.3) is 0 Å². The Balaban J connectivity index is 1.98. The van der Waals surface area contributed by atoms with Gasteiger partial charge in [0.1, 0.15) is 22.9 Å². The zero-order chi connectivity index (χ0) is 19.7. The second-order valence-electron chi connectivity index (χ2n) is 6.30. The first kappa shape index (κ1) is 20.6. The van der Waals surface area contributed by atoms with Crippen LogP contribution in [0.5, 0.6) is 11.5 Å². The summed E-state index contributed by atoms with van der Waals surface area (Å²) in [6.45, 7) is 5.22. The molecular weight excluding hydrogens is 346 g/mol. The number of rotatable bonds is 9. The van der Waals surface area contributed by atoms with E-state index in [4.69, 9.17) is 13.9 Å². The fourth-order valence-electron chi connectivity index (χ4n) is 2.63. The largest absolute Gasteiger partial charge is 0.497 e. The maximum Gasteiger partial charge on any atom is 0.191 e. The number of aliphatic imine (C=N–C) groups is 1. The van der Waals surface area contributed by atoms with E-state index in [0.717, 1.165) is 30.0 Å². The van der Waals surface area contributed by atoms with Gasteiger partial charge in [0.15, 0.2) is 5.96 Å². The zero-order valence-electron chi connectivity index (χ0n) is 16.4. The minimum Gasteiger partial charge on any atom is -0.497 e. The van der Waals surface area contributed by atoms with Crippen molar-refractivity contribution in [3.63, 3.8) is 0 Å². The third kappa shape index (κ3) is 5.92. The topological polar surface area (TPSA) is 88.3 Å². The minimum atomic E-state index is -1.16. The molecule has 148 valence electrons. The van der Waals surface area contributed by atoms with E-state index < -0.39 is 5.60 Å². The van der Waals surface area contributed by atoms with Crippen LogP contribution in [0, 0.1) is 0 Å². The van der Waals surface area contributed by atoms with Gasteiger partial charge in [-0.2, -0.15) is 0 Å². The second kappa shape index (κ2) is 9.87. The van der Waals surface area contributed by atoms with Crippen molar-refractivity contribution in [2.45, 2.75) is 25.9 Å². The van der Waals surface area contributed by atoms with Gasteiger partial charge >= 0.3 is 0 Å². The van der Waals surface area contributed by atoms with Crippen LogP contribution >= 0.6 is 0 Å². The van der Waals surface area contributed by atoms with Gasteiger partial charge in [0.05, 0.1) is 27.0 Å². The van der Waals surface area contributed by atoms with E-state index in [1.54, 1.807) is 39.5 Å². The number of benzene rings is 1. The average Bonchev–Trinajstić information content (AvgIpc) is 3.22.